The third kappa shape index (κ3) is 1.44. The van der Waals surface area contributed by atoms with Crippen LogP contribution >= 0.6 is 0 Å². The van der Waals surface area contributed by atoms with E-state index in [0.29, 0.717) is 11.3 Å². The van der Waals surface area contributed by atoms with Gasteiger partial charge in [0.1, 0.15) is 5.69 Å². The number of carbonyl (C=O) groups excluding carboxylic acids is 2. The monoisotopic (exact) mass is 256 g/mol. The van der Waals surface area contributed by atoms with E-state index < -0.39 is 5.43 Å². The maximum absolute atomic E-state index is 12.5. The number of hydrogen-bond donors (Lipinski definition) is 1. The van der Waals surface area contributed by atoms with Crippen molar-refractivity contribution >= 4 is 11.6 Å². The molecule has 1 unspecified atom stereocenters. The molecular weight excluding hydrogens is 244 g/mol. The Morgan fingerprint density at radius 1 is 1.21 bits per heavy atom. The number of aromatic amines is 1. The first kappa shape index (κ1) is 11.6. The summed E-state index contributed by atoms with van der Waals surface area (Å²) in [6.07, 6.45) is 5.00. The Hall–Kier alpha value is -2.43. The van der Waals surface area contributed by atoms with Crippen molar-refractivity contribution in [1.82, 2.24) is 9.88 Å². The summed E-state index contributed by atoms with van der Waals surface area (Å²) in [5, 5.41) is 0. The summed E-state index contributed by atoms with van der Waals surface area (Å²) in [6.45, 7) is 1.86. The standard InChI is InChI=1S/C14H12N2O3/c1-7-4-6-16(2)12-9(7)13(18)11-10(14(12)19)8(17)3-5-15-11/h3-7H,1-2H3,(H,15,17). The van der Waals surface area contributed by atoms with E-state index in [9.17, 15) is 14.4 Å². The minimum atomic E-state index is -0.422. The van der Waals surface area contributed by atoms with E-state index in [1.807, 2.05) is 13.0 Å². The van der Waals surface area contributed by atoms with Crippen LogP contribution in [0, 0.1) is 5.92 Å². The highest BCUT2D eigenvalue weighted by atomic mass is 16.2. The Morgan fingerprint density at radius 2 is 1.95 bits per heavy atom. The molecule has 1 aliphatic carbocycles. The molecule has 3 rings (SSSR count). The van der Waals surface area contributed by atoms with Crippen LogP contribution in [-0.4, -0.2) is 28.5 Å². The fraction of sp³-hybridized carbons (Fsp3) is 0.214. The van der Waals surface area contributed by atoms with Crippen LogP contribution in [0.3, 0.4) is 0 Å². The highest BCUT2D eigenvalue weighted by Crippen LogP contribution is 2.33. The predicted octanol–water partition coefficient (Wildman–Crippen LogP) is 1.10. The number of rotatable bonds is 0. The van der Waals surface area contributed by atoms with E-state index in [0.717, 1.165) is 0 Å². The number of fused-ring (bicyclic) bond motifs is 1. The van der Waals surface area contributed by atoms with Crippen molar-refractivity contribution in [3.05, 3.63) is 57.3 Å². The van der Waals surface area contributed by atoms with Gasteiger partial charge >= 0.3 is 0 Å². The van der Waals surface area contributed by atoms with E-state index in [4.69, 9.17) is 0 Å². The van der Waals surface area contributed by atoms with Crippen molar-refractivity contribution in [3.8, 4) is 0 Å². The summed E-state index contributed by atoms with van der Waals surface area (Å²) in [5.41, 5.74) is 0.384. The van der Waals surface area contributed by atoms with Crippen LogP contribution < -0.4 is 5.43 Å². The topological polar surface area (TPSA) is 70.2 Å². The minimum Gasteiger partial charge on any atom is -0.358 e. The molecule has 0 saturated heterocycles. The summed E-state index contributed by atoms with van der Waals surface area (Å²) in [6, 6.07) is 1.26. The van der Waals surface area contributed by atoms with Crippen molar-refractivity contribution in [3.63, 3.8) is 0 Å². The van der Waals surface area contributed by atoms with E-state index in [1.54, 1.807) is 18.1 Å². The molecule has 2 aliphatic rings. The lowest BCUT2D eigenvalue weighted by molar-refractivity contribution is 0.0942. The number of nitrogens with zero attached hydrogens (tertiary/aromatic N) is 1. The number of likely N-dealkylation sites (N-methyl/N-ethyl adjacent to an activating group) is 1. The first-order chi connectivity index (χ1) is 9.02. The molecule has 5 heteroatoms. The van der Waals surface area contributed by atoms with Gasteiger partial charge in [-0.15, -0.1) is 0 Å². The molecule has 19 heavy (non-hydrogen) atoms. The van der Waals surface area contributed by atoms with Gasteiger partial charge in [0.15, 0.2) is 5.43 Å². The summed E-state index contributed by atoms with van der Waals surface area (Å²) < 4.78 is 0. The SMILES string of the molecule is CC1C=CN(C)C2=C1C(=O)c1[nH]ccc(=O)c1C2=O. The molecular formula is C14H12N2O3. The summed E-state index contributed by atoms with van der Waals surface area (Å²) in [4.78, 5) is 41.1. The lowest BCUT2D eigenvalue weighted by Gasteiger charge is -2.30. The summed E-state index contributed by atoms with van der Waals surface area (Å²) in [7, 11) is 1.70. The fourth-order valence-electron chi connectivity index (χ4n) is 2.57. The zero-order chi connectivity index (χ0) is 13.7. The quantitative estimate of drug-likeness (QED) is 0.754. The van der Waals surface area contributed by atoms with Gasteiger partial charge in [-0.3, -0.25) is 14.4 Å². The van der Waals surface area contributed by atoms with E-state index in [2.05, 4.69) is 4.98 Å². The zero-order valence-corrected chi connectivity index (χ0v) is 10.6. The van der Waals surface area contributed by atoms with Crippen LogP contribution in [0.25, 0.3) is 0 Å². The van der Waals surface area contributed by atoms with Gasteiger partial charge in [0, 0.05) is 37.0 Å². The van der Waals surface area contributed by atoms with E-state index in [1.165, 1.54) is 12.3 Å². The molecule has 1 aromatic heterocycles. The molecule has 2 heterocycles. The molecule has 0 bridgehead atoms. The lowest BCUT2D eigenvalue weighted by atomic mass is 9.82. The lowest BCUT2D eigenvalue weighted by Crippen LogP contribution is -2.37. The third-order valence-corrected chi connectivity index (χ3v) is 3.53. The number of carbonyl (C=O) groups is 2. The van der Waals surface area contributed by atoms with Crippen LogP contribution in [0.4, 0.5) is 0 Å². The van der Waals surface area contributed by atoms with Gasteiger partial charge in [0.05, 0.1) is 11.3 Å². The van der Waals surface area contributed by atoms with Crippen LogP contribution in [-0.2, 0) is 0 Å². The molecule has 0 spiro atoms. The largest absolute Gasteiger partial charge is 0.358 e. The summed E-state index contributed by atoms with van der Waals surface area (Å²) in [5.74, 6) is -0.796. The number of nitrogens with one attached hydrogen (secondary N) is 1. The Bertz CT molecular complexity index is 724. The van der Waals surface area contributed by atoms with Crippen molar-refractivity contribution in [1.29, 1.82) is 0 Å². The van der Waals surface area contributed by atoms with Crippen molar-refractivity contribution in [2.45, 2.75) is 6.92 Å². The number of pyridine rings is 1. The van der Waals surface area contributed by atoms with Crippen LogP contribution in [0.15, 0.2) is 40.6 Å². The Kier molecular flexibility index (Phi) is 2.32. The second kappa shape index (κ2) is 3.78. The highest BCUT2D eigenvalue weighted by Gasteiger charge is 2.38. The Morgan fingerprint density at radius 3 is 2.68 bits per heavy atom. The van der Waals surface area contributed by atoms with Gasteiger partial charge in [0.25, 0.3) is 0 Å². The van der Waals surface area contributed by atoms with Gasteiger partial charge in [-0.25, -0.2) is 0 Å². The predicted molar refractivity (Wildman–Crippen MR) is 68.8 cm³/mol. The average Bonchev–Trinajstić information content (AvgIpc) is 2.38. The molecule has 0 radical (unpaired) electrons. The molecule has 0 aromatic carbocycles. The molecule has 5 nitrogen and oxygen atoms in total. The number of aromatic nitrogens is 1. The maximum Gasteiger partial charge on any atom is 0.216 e. The summed E-state index contributed by atoms with van der Waals surface area (Å²) >= 11 is 0. The van der Waals surface area contributed by atoms with E-state index in [-0.39, 0.29) is 28.7 Å². The molecule has 1 atom stereocenters. The molecule has 0 amide bonds. The fourth-order valence-corrected chi connectivity index (χ4v) is 2.57. The minimum absolute atomic E-state index is 0.0550. The van der Waals surface area contributed by atoms with Gasteiger partial charge in [-0.1, -0.05) is 13.0 Å². The highest BCUT2D eigenvalue weighted by molar-refractivity contribution is 6.26. The van der Waals surface area contributed by atoms with Crippen LogP contribution in [0.1, 0.15) is 27.8 Å². The average molecular weight is 256 g/mol. The van der Waals surface area contributed by atoms with Gasteiger partial charge in [0.2, 0.25) is 11.6 Å². The second-order valence-corrected chi connectivity index (χ2v) is 4.75. The second-order valence-electron chi connectivity index (χ2n) is 4.75. The van der Waals surface area contributed by atoms with Gasteiger partial charge in [-0.2, -0.15) is 0 Å². The Labute approximate surface area is 109 Å². The zero-order valence-electron chi connectivity index (χ0n) is 10.6. The van der Waals surface area contributed by atoms with Crippen LogP contribution in [0.2, 0.25) is 0 Å². The Balaban J connectivity index is 2.33. The number of allylic oxidation sites excluding steroid dienone is 3. The van der Waals surface area contributed by atoms with Gasteiger partial charge < -0.3 is 9.88 Å². The number of hydrogen-bond acceptors (Lipinski definition) is 4. The van der Waals surface area contributed by atoms with Gasteiger partial charge in [-0.05, 0) is 0 Å². The molecule has 96 valence electrons. The maximum atomic E-state index is 12.5. The molecule has 1 aromatic rings. The number of ketones is 2. The first-order valence-electron chi connectivity index (χ1n) is 5.98. The van der Waals surface area contributed by atoms with Crippen LogP contribution in [0.5, 0.6) is 0 Å². The normalized spacial score (nSPS) is 21.6. The molecule has 1 aliphatic heterocycles. The molecule has 1 N–H and O–H groups in total. The third-order valence-electron chi connectivity index (χ3n) is 3.53. The smallest absolute Gasteiger partial charge is 0.216 e. The van der Waals surface area contributed by atoms with Crippen molar-refractivity contribution in [2.75, 3.05) is 7.05 Å². The van der Waals surface area contributed by atoms with Crippen molar-refractivity contribution < 1.29 is 9.59 Å². The first-order valence-corrected chi connectivity index (χ1v) is 5.98. The molecule has 0 saturated carbocycles. The molecule has 0 fully saturated rings. The van der Waals surface area contributed by atoms with E-state index >= 15 is 0 Å². The van der Waals surface area contributed by atoms with Crippen molar-refractivity contribution in [2.24, 2.45) is 5.92 Å². The number of Topliss-reactive ketones (excluding diaryl/α,β-unsaturated/α-hetero) is 2. The number of H-pyrrole nitrogens is 1.